The molecule has 326 valence electrons. The van der Waals surface area contributed by atoms with Gasteiger partial charge in [-0.2, -0.15) is 0 Å². The average Bonchev–Trinajstić information content (AvgIpc) is 3.76. The van der Waals surface area contributed by atoms with Crippen LogP contribution in [0.5, 0.6) is 0 Å². The number of nitrogens with one attached hydrogen (secondary N) is 5. The van der Waals surface area contributed by atoms with Crippen molar-refractivity contribution in [1.82, 2.24) is 36.5 Å². The molecule has 1 aliphatic heterocycles. The number of hydrogen-bond acceptors (Lipinski definition) is 11. The van der Waals surface area contributed by atoms with E-state index in [1.54, 1.807) is 27.7 Å². The summed E-state index contributed by atoms with van der Waals surface area (Å²) >= 11 is 1.24. The van der Waals surface area contributed by atoms with Gasteiger partial charge in [0.1, 0.15) is 35.9 Å². The maximum Gasteiger partial charge on any atom is 0.287 e. The number of amides is 7. The number of aryl methyl sites for hydroxylation is 1. The first-order valence-corrected chi connectivity index (χ1v) is 22.1. The molecule has 1 aromatic heterocycles. The van der Waals surface area contributed by atoms with Crippen molar-refractivity contribution in [2.24, 2.45) is 23.0 Å². The minimum Gasteiger partial charge on any atom is -0.391 e. The van der Waals surface area contributed by atoms with Gasteiger partial charge in [-0.05, 0) is 69.1 Å². The highest BCUT2D eigenvalue weighted by molar-refractivity contribution is 7.09. The Morgan fingerprint density at radius 3 is 2.00 bits per heavy atom. The van der Waals surface area contributed by atoms with Crippen LogP contribution in [0.3, 0.4) is 0 Å². The van der Waals surface area contributed by atoms with Gasteiger partial charge < -0.3 is 42.3 Å². The Bertz CT molecular complexity index is 1730. The summed E-state index contributed by atoms with van der Waals surface area (Å²) in [7, 11) is 0. The molecule has 4 aliphatic rings. The van der Waals surface area contributed by atoms with E-state index in [4.69, 9.17) is 5.73 Å². The third kappa shape index (κ3) is 12.5. The van der Waals surface area contributed by atoms with Gasteiger partial charge in [-0.25, -0.2) is 4.98 Å². The van der Waals surface area contributed by atoms with Gasteiger partial charge in [-0.15, -0.1) is 11.3 Å². The first kappa shape index (κ1) is 45.6. The number of carbonyl (C=O) groups excluding carboxylic acids is 8. The van der Waals surface area contributed by atoms with Crippen molar-refractivity contribution >= 4 is 58.5 Å². The molecule has 1 saturated heterocycles. The molecule has 0 radical (unpaired) electrons. The van der Waals surface area contributed by atoms with Gasteiger partial charge in [0.25, 0.3) is 11.8 Å². The zero-order valence-corrected chi connectivity index (χ0v) is 35.5. The van der Waals surface area contributed by atoms with Crippen LogP contribution in [0.2, 0.25) is 0 Å². The minimum absolute atomic E-state index is 0.0533. The van der Waals surface area contributed by atoms with E-state index in [-0.39, 0.29) is 49.4 Å². The van der Waals surface area contributed by atoms with E-state index in [0.717, 1.165) is 64.2 Å². The highest BCUT2D eigenvalue weighted by Gasteiger charge is 2.46. The second kappa shape index (κ2) is 20.2. The summed E-state index contributed by atoms with van der Waals surface area (Å²) in [6, 6.07) is -5.78. The quantitative estimate of drug-likeness (QED) is 0.111. The summed E-state index contributed by atoms with van der Waals surface area (Å²) in [6.45, 7) is 6.62. The van der Waals surface area contributed by atoms with E-state index in [2.05, 4.69) is 31.6 Å². The number of nitrogens with two attached hydrogens (primary N) is 1. The second-order valence-corrected chi connectivity index (χ2v) is 18.9. The van der Waals surface area contributed by atoms with E-state index in [9.17, 15) is 43.5 Å². The summed E-state index contributed by atoms with van der Waals surface area (Å²) in [5.41, 5.74) is 4.89. The maximum absolute atomic E-state index is 14.5. The smallest absolute Gasteiger partial charge is 0.287 e. The number of ketones is 1. The predicted octanol–water partition coefficient (Wildman–Crippen LogP) is 1.29. The van der Waals surface area contributed by atoms with Crippen molar-refractivity contribution in [2.75, 3.05) is 6.54 Å². The Hall–Kier alpha value is -4.45. The van der Waals surface area contributed by atoms with E-state index in [1.165, 1.54) is 21.6 Å². The van der Waals surface area contributed by atoms with Gasteiger partial charge in [-0.1, -0.05) is 59.3 Å². The molecule has 59 heavy (non-hydrogen) atoms. The zero-order chi connectivity index (χ0) is 43.0. The fraction of sp³-hybridized carbons (Fsp3) is 0.732. The summed E-state index contributed by atoms with van der Waals surface area (Å²) in [5, 5.41) is 26.7. The normalized spacial score (nSPS) is 22.3. The Balaban J connectivity index is 1.33. The van der Waals surface area contributed by atoms with E-state index < -0.39 is 88.9 Å². The largest absolute Gasteiger partial charge is 0.391 e. The summed E-state index contributed by atoms with van der Waals surface area (Å²) in [6.07, 6.45) is 8.21. The number of aliphatic hydroxyl groups is 1. The van der Waals surface area contributed by atoms with Crippen molar-refractivity contribution in [3.63, 3.8) is 0 Å². The Morgan fingerprint density at radius 1 is 0.847 bits per heavy atom. The van der Waals surface area contributed by atoms with Crippen molar-refractivity contribution in [3.8, 4) is 0 Å². The molecule has 0 bridgehead atoms. The van der Waals surface area contributed by atoms with E-state index in [1.807, 2.05) is 0 Å². The number of hydrogen-bond donors (Lipinski definition) is 7. The summed E-state index contributed by atoms with van der Waals surface area (Å²) < 4.78 is 0. The Morgan fingerprint density at radius 2 is 1.46 bits per heavy atom. The molecule has 3 aliphatic carbocycles. The number of nitrogens with zero attached hydrogens (tertiary/aromatic N) is 2. The minimum atomic E-state index is -1.35. The van der Waals surface area contributed by atoms with Crippen LogP contribution in [0, 0.1) is 24.2 Å². The number of likely N-dealkylation sites (tertiary alicyclic amines) is 1. The molecular weight excluding hydrogens is 781 g/mol. The van der Waals surface area contributed by atoms with Crippen LogP contribution in [0.4, 0.5) is 0 Å². The van der Waals surface area contributed by atoms with Crippen molar-refractivity contribution < 1.29 is 43.5 Å². The number of Topliss-reactive ketones (excluding diaryl/α,β-unsaturated/α-hetero) is 1. The topological polar surface area (TPSA) is 259 Å². The third-order valence-corrected chi connectivity index (χ3v) is 12.8. The van der Waals surface area contributed by atoms with Gasteiger partial charge in [0.15, 0.2) is 0 Å². The standard InChI is InChI=1S/C41H62N8O9S/c1-22-43-28(21-59-22)36(54)45-27(17-18-30(51)38(56)44-25-15-16-25)35(53)48-33(41(2,3)4)40(58)49-20-26(50)19-29(49)37(55)47-32(24-13-9-6-10-14-24)39(57)46-31(34(42)52)23-11-7-5-8-12-23/h21,23-27,29,31-33,50H,5-20H2,1-4H3,(H2,42,52)(H,44,56)(H,45,54)(H,46,57)(H,47,55)(H,48,53)/t26?,27-,29-,31-,32-,33+/m0/s1. The fourth-order valence-corrected chi connectivity index (χ4v) is 9.05. The molecule has 0 spiro atoms. The Labute approximate surface area is 349 Å². The molecule has 4 fully saturated rings. The van der Waals surface area contributed by atoms with Crippen LogP contribution in [-0.4, -0.2) is 111 Å². The molecule has 5 rings (SSSR count). The van der Waals surface area contributed by atoms with Crippen molar-refractivity contribution in [3.05, 3.63) is 16.1 Å². The van der Waals surface area contributed by atoms with Crippen LogP contribution < -0.4 is 32.3 Å². The molecule has 1 aromatic rings. The maximum atomic E-state index is 14.5. The fourth-order valence-electron chi connectivity index (χ4n) is 8.46. The third-order valence-electron chi connectivity index (χ3n) is 12.0. The SMILES string of the molecule is Cc1nc(C(=O)N[C@@H](CCC(=O)C(=O)NC2CC2)C(=O)N[C@H](C(=O)N2CC(O)C[C@H]2C(=O)N[C@H](C(=O)N[C@H](C(N)=O)C2CCCCC2)C2CCCCC2)C(C)(C)C)cs1. The molecule has 7 amide bonds. The molecule has 3 saturated carbocycles. The van der Waals surface area contributed by atoms with E-state index >= 15 is 0 Å². The molecule has 2 heterocycles. The van der Waals surface area contributed by atoms with Crippen LogP contribution in [0.25, 0.3) is 0 Å². The molecular formula is C41H62N8O9S. The number of primary amides is 1. The monoisotopic (exact) mass is 842 g/mol. The highest BCUT2D eigenvalue weighted by Crippen LogP contribution is 2.31. The van der Waals surface area contributed by atoms with Crippen LogP contribution in [0.1, 0.15) is 133 Å². The number of thiazole rings is 1. The van der Waals surface area contributed by atoms with Crippen LogP contribution in [0.15, 0.2) is 5.38 Å². The van der Waals surface area contributed by atoms with E-state index in [0.29, 0.717) is 17.8 Å². The lowest BCUT2D eigenvalue weighted by atomic mass is 9.81. The number of rotatable bonds is 17. The lowest BCUT2D eigenvalue weighted by molar-refractivity contribution is -0.145. The first-order chi connectivity index (χ1) is 27.9. The molecule has 17 nitrogen and oxygen atoms in total. The van der Waals surface area contributed by atoms with Crippen LogP contribution >= 0.6 is 11.3 Å². The molecule has 0 aromatic carbocycles. The number of aliphatic hydroxyl groups excluding tert-OH is 1. The Kier molecular flexibility index (Phi) is 15.6. The first-order valence-electron chi connectivity index (χ1n) is 21.2. The predicted molar refractivity (Wildman–Crippen MR) is 217 cm³/mol. The average molecular weight is 843 g/mol. The lowest BCUT2D eigenvalue weighted by Crippen LogP contribution is -2.62. The zero-order valence-electron chi connectivity index (χ0n) is 34.7. The van der Waals surface area contributed by atoms with Crippen LogP contribution in [-0.2, 0) is 33.6 Å². The van der Waals surface area contributed by atoms with Gasteiger partial charge in [0.2, 0.25) is 35.3 Å². The summed E-state index contributed by atoms with van der Waals surface area (Å²) in [5.74, 6) is -5.80. The van der Waals surface area contributed by atoms with Gasteiger partial charge in [-0.3, -0.25) is 38.4 Å². The number of β-amino-alcohol motifs (C(OH)–C–C–N with tert-alkyl or cyclic N) is 1. The van der Waals surface area contributed by atoms with Gasteiger partial charge in [0.05, 0.1) is 11.1 Å². The molecule has 8 N–H and O–H groups in total. The highest BCUT2D eigenvalue weighted by atomic mass is 32.1. The molecule has 6 atom stereocenters. The molecule has 18 heteroatoms. The van der Waals surface area contributed by atoms with Crippen molar-refractivity contribution in [2.45, 2.75) is 166 Å². The number of aromatic nitrogens is 1. The lowest BCUT2D eigenvalue weighted by Gasteiger charge is -2.37. The summed E-state index contributed by atoms with van der Waals surface area (Å²) in [4.78, 5) is 113. The second-order valence-electron chi connectivity index (χ2n) is 17.9. The van der Waals surface area contributed by atoms with Gasteiger partial charge >= 0.3 is 0 Å². The van der Waals surface area contributed by atoms with Crippen molar-refractivity contribution in [1.29, 1.82) is 0 Å². The molecule has 1 unspecified atom stereocenters. The number of carbonyl (C=O) groups is 8. The van der Waals surface area contributed by atoms with Gasteiger partial charge in [0, 0.05) is 30.8 Å².